The minimum Gasteiger partial charge on any atom is -0.496 e. The van der Waals surface area contributed by atoms with Crippen molar-refractivity contribution in [2.24, 2.45) is 13.0 Å². The van der Waals surface area contributed by atoms with Crippen LogP contribution in [0.25, 0.3) is 11.1 Å². The summed E-state index contributed by atoms with van der Waals surface area (Å²) in [5, 5.41) is 4.76. The molecule has 5 aliphatic heterocycles. The molecule has 2 N–H and O–H groups in total. The molecule has 5 aliphatic rings. The zero-order chi connectivity index (χ0) is 44.0. The van der Waals surface area contributed by atoms with Crippen LogP contribution in [0.3, 0.4) is 0 Å². The van der Waals surface area contributed by atoms with Crippen LogP contribution in [0.1, 0.15) is 69.5 Å². The number of imide groups is 2. The van der Waals surface area contributed by atoms with E-state index < -0.39 is 52.4 Å². The van der Waals surface area contributed by atoms with Crippen LogP contribution in [0.2, 0.25) is 0 Å². The molecule has 6 heterocycles. The van der Waals surface area contributed by atoms with E-state index in [9.17, 15) is 28.8 Å². The monoisotopic (exact) mass is 858 g/mol. The molecule has 6 amide bonds. The summed E-state index contributed by atoms with van der Waals surface area (Å²) in [4.78, 5) is 84.6. The van der Waals surface area contributed by atoms with Crippen LogP contribution in [0.15, 0.2) is 29.2 Å². The van der Waals surface area contributed by atoms with Crippen LogP contribution in [0.4, 0.5) is 19.3 Å². The second-order valence-electron chi connectivity index (χ2n) is 16.7. The van der Waals surface area contributed by atoms with E-state index in [0.717, 1.165) is 67.2 Å². The number of pyridine rings is 1. The first-order valence-electron chi connectivity index (χ1n) is 21.2. The predicted molar refractivity (Wildman–Crippen MR) is 223 cm³/mol. The Morgan fingerprint density at radius 2 is 1.53 bits per heavy atom. The molecule has 3 fully saturated rings. The topological polar surface area (TPSA) is 166 Å². The molecule has 18 heteroatoms. The van der Waals surface area contributed by atoms with Crippen LogP contribution >= 0.6 is 0 Å². The summed E-state index contributed by atoms with van der Waals surface area (Å²) in [7, 11) is 6.59. The van der Waals surface area contributed by atoms with Gasteiger partial charge in [-0.1, -0.05) is 0 Å². The van der Waals surface area contributed by atoms with E-state index in [4.69, 9.17) is 9.47 Å². The third-order valence-corrected chi connectivity index (χ3v) is 13.2. The number of aromatic nitrogens is 1. The van der Waals surface area contributed by atoms with Crippen molar-refractivity contribution < 1.29 is 42.2 Å². The van der Waals surface area contributed by atoms with Gasteiger partial charge in [0.15, 0.2) is 5.82 Å². The fourth-order valence-corrected chi connectivity index (χ4v) is 9.72. The molecule has 0 spiro atoms. The van der Waals surface area contributed by atoms with Gasteiger partial charge in [-0.2, -0.15) is 0 Å². The largest absolute Gasteiger partial charge is 0.496 e. The first-order valence-corrected chi connectivity index (χ1v) is 21.2. The smallest absolute Gasteiger partial charge is 0.317 e. The molecule has 1 atom stereocenters. The van der Waals surface area contributed by atoms with Gasteiger partial charge in [0.1, 0.15) is 29.0 Å². The van der Waals surface area contributed by atoms with Gasteiger partial charge >= 0.3 is 6.03 Å². The predicted octanol–water partition coefficient (Wildman–Crippen LogP) is 2.87. The molecule has 0 saturated carbocycles. The molecule has 330 valence electrons. The number of rotatable bonds is 10. The SMILES string of the molecule is CNC(=O)N1CCc2c(-c3cc(OC)c(CN4CCC(CCN5CCN(c6c(F)cc7c(c6F)C(=O)N(C6CCC(=O)NC6=O)C7=O)CC5)CC4)c(OC)c3)cn(C)c(=O)c2C1. The van der Waals surface area contributed by atoms with Crippen LogP contribution < -0.4 is 30.6 Å². The molecule has 62 heavy (non-hydrogen) atoms. The Morgan fingerprint density at radius 1 is 0.839 bits per heavy atom. The quantitative estimate of drug-likeness (QED) is 0.288. The Bertz CT molecular complexity index is 2370. The van der Waals surface area contributed by atoms with Crippen molar-refractivity contribution >= 4 is 35.3 Å². The van der Waals surface area contributed by atoms with Crippen LogP contribution in [-0.4, -0.2) is 133 Å². The number of benzene rings is 2. The van der Waals surface area contributed by atoms with Gasteiger partial charge in [0, 0.05) is 77.1 Å². The van der Waals surface area contributed by atoms with Gasteiger partial charge < -0.3 is 29.2 Å². The number of hydrogen-bond acceptors (Lipinski definition) is 11. The number of methoxy groups -OCH3 is 2. The van der Waals surface area contributed by atoms with Crippen molar-refractivity contribution in [1.82, 2.24) is 34.8 Å². The molecule has 3 aromatic rings. The summed E-state index contributed by atoms with van der Waals surface area (Å²) < 4.78 is 45.0. The molecule has 2 aromatic carbocycles. The normalized spacial score (nSPS) is 20.0. The van der Waals surface area contributed by atoms with E-state index >= 15 is 8.78 Å². The number of halogens is 2. The summed E-state index contributed by atoms with van der Waals surface area (Å²) in [6, 6.07) is 3.39. The van der Waals surface area contributed by atoms with Gasteiger partial charge in [0.2, 0.25) is 11.8 Å². The van der Waals surface area contributed by atoms with E-state index in [-0.39, 0.29) is 36.7 Å². The third-order valence-electron chi connectivity index (χ3n) is 13.2. The first-order chi connectivity index (χ1) is 29.8. The zero-order valence-corrected chi connectivity index (χ0v) is 35.5. The molecular formula is C44H52F2N8O8. The number of fused-ring (bicyclic) bond motifs is 2. The highest BCUT2D eigenvalue weighted by atomic mass is 19.1. The number of nitrogens with one attached hydrogen (secondary N) is 2. The summed E-state index contributed by atoms with van der Waals surface area (Å²) in [6.45, 7) is 5.77. The van der Waals surface area contributed by atoms with Gasteiger partial charge in [0.05, 0.1) is 37.5 Å². The highest BCUT2D eigenvalue weighted by molar-refractivity contribution is 6.24. The molecule has 1 aromatic heterocycles. The fourth-order valence-electron chi connectivity index (χ4n) is 9.72. The lowest BCUT2D eigenvalue weighted by Gasteiger charge is -2.38. The number of aryl methyl sites for hydroxylation is 1. The van der Waals surface area contributed by atoms with Crippen molar-refractivity contribution in [1.29, 1.82) is 0 Å². The fraction of sp³-hybridized carbons (Fsp3) is 0.500. The standard InChI is InChI=1S/C44H52F2N8O8/c1-47-44(60)53-14-10-27-29(22-49(2)41(57)30(27)24-53)26-19-34(61-3)31(35(20-26)62-4)23-51-12-8-25(9-13-51)7-11-50-15-17-52(18-16-50)39-32(45)21-28-37(38(39)46)43(59)54(42(28)58)33-5-6-36(55)48-40(33)56/h19-22,25,33H,5-18,23-24H2,1-4H3,(H,47,60)(H,48,55,56). The second kappa shape index (κ2) is 17.5. The minimum absolute atomic E-state index is 0.0788. The number of piperazine rings is 1. The van der Waals surface area contributed by atoms with E-state index in [1.165, 1.54) is 0 Å². The number of piperidine rings is 2. The molecule has 0 bridgehead atoms. The van der Waals surface area contributed by atoms with Crippen molar-refractivity contribution in [3.63, 3.8) is 0 Å². The number of likely N-dealkylation sites (tertiary alicyclic amines) is 1. The molecule has 3 saturated heterocycles. The second-order valence-corrected chi connectivity index (χ2v) is 16.7. The van der Waals surface area contributed by atoms with Gasteiger partial charge in [-0.3, -0.25) is 44.0 Å². The average Bonchev–Trinajstić information content (AvgIpc) is 3.52. The number of anilines is 1. The van der Waals surface area contributed by atoms with Crippen molar-refractivity contribution in [3.05, 3.63) is 74.2 Å². The maximum absolute atomic E-state index is 16.0. The summed E-state index contributed by atoms with van der Waals surface area (Å²) in [5.41, 5.74) is 2.80. The van der Waals surface area contributed by atoms with Crippen LogP contribution in [0.5, 0.6) is 11.5 Å². The van der Waals surface area contributed by atoms with E-state index in [1.807, 2.05) is 18.3 Å². The Kier molecular flexibility index (Phi) is 12.1. The number of hydrogen-bond donors (Lipinski definition) is 2. The van der Waals surface area contributed by atoms with Crippen molar-refractivity contribution in [3.8, 4) is 22.6 Å². The molecule has 0 aliphatic carbocycles. The number of urea groups is 1. The molecule has 16 nitrogen and oxygen atoms in total. The lowest BCUT2D eigenvalue weighted by molar-refractivity contribution is -0.136. The molecule has 8 rings (SSSR count). The van der Waals surface area contributed by atoms with Gasteiger partial charge in [-0.15, -0.1) is 0 Å². The Balaban J connectivity index is 0.858. The van der Waals surface area contributed by atoms with E-state index in [0.29, 0.717) is 73.6 Å². The maximum atomic E-state index is 16.0. The lowest BCUT2D eigenvalue weighted by atomic mass is 9.91. The number of carbonyl (C=O) groups excluding carboxylic acids is 5. The van der Waals surface area contributed by atoms with Crippen molar-refractivity contribution in [2.45, 2.75) is 57.7 Å². The zero-order valence-electron chi connectivity index (χ0n) is 35.5. The van der Waals surface area contributed by atoms with Gasteiger partial charge in [-0.25, -0.2) is 13.6 Å². The van der Waals surface area contributed by atoms with Crippen molar-refractivity contribution in [2.75, 3.05) is 78.5 Å². The van der Waals surface area contributed by atoms with Gasteiger partial charge in [0.25, 0.3) is 17.4 Å². The molecule has 0 radical (unpaired) electrons. The highest BCUT2D eigenvalue weighted by Crippen LogP contribution is 2.40. The summed E-state index contributed by atoms with van der Waals surface area (Å²) in [5.74, 6) is -3.46. The Hall–Kier alpha value is -5.88. The number of ether oxygens (including phenoxy) is 2. The average molecular weight is 859 g/mol. The van der Waals surface area contributed by atoms with Crippen LogP contribution in [-0.2, 0) is 36.1 Å². The van der Waals surface area contributed by atoms with Gasteiger partial charge in [-0.05, 0) is 87.0 Å². The minimum atomic E-state index is -1.27. The third kappa shape index (κ3) is 7.89. The molecular weight excluding hydrogens is 807 g/mol. The molecule has 1 unspecified atom stereocenters. The van der Waals surface area contributed by atoms with E-state index in [1.54, 1.807) is 42.7 Å². The number of amides is 6. The number of carbonyl (C=O) groups is 5. The van der Waals surface area contributed by atoms with Crippen LogP contribution in [0, 0.1) is 17.6 Å². The summed E-state index contributed by atoms with van der Waals surface area (Å²) >= 11 is 0. The number of nitrogens with zero attached hydrogens (tertiary/aromatic N) is 6. The maximum Gasteiger partial charge on any atom is 0.317 e. The summed E-state index contributed by atoms with van der Waals surface area (Å²) in [6.07, 6.45) is 5.23. The Morgan fingerprint density at radius 3 is 2.18 bits per heavy atom. The first kappa shape index (κ1) is 42.8. The Labute approximate surface area is 357 Å². The lowest BCUT2D eigenvalue weighted by Crippen LogP contribution is -2.54. The van der Waals surface area contributed by atoms with E-state index in [2.05, 4.69) is 20.4 Å². The highest BCUT2D eigenvalue weighted by Gasteiger charge is 2.47.